The van der Waals surface area contributed by atoms with Crippen molar-refractivity contribution < 1.29 is 14.3 Å². The summed E-state index contributed by atoms with van der Waals surface area (Å²) in [6.07, 6.45) is 0. The minimum Gasteiger partial charge on any atom is -0.452 e. The highest BCUT2D eigenvalue weighted by Gasteiger charge is 2.14. The monoisotopic (exact) mass is 436 g/mol. The van der Waals surface area contributed by atoms with Crippen LogP contribution in [0.1, 0.15) is 16.1 Å². The fourth-order valence-corrected chi connectivity index (χ4v) is 3.68. The van der Waals surface area contributed by atoms with E-state index in [0.717, 1.165) is 33.5 Å². The number of hydrogen-bond donors (Lipinski definition) is 2. The number of carbonyl (C=O) groups excluding carboxylic acids is 2. The van der Waals surface area contributed by atoms with Crippen molar-refractivity contribution in [2.24, 2.45) is 0 Å². The summed E-state index contributed by atoms with van der Waals surface area (Å²) in [5.74, 6) is -0.290. The van der Waals surface area contributed by atoms with E-state index in [-0.39, 0.29) is 0 Å². The lowest BCUT2D eigenvalue weighted by atomic mass is 10.1. The van der Waals surface area contributed by atoms with Crippen molar-refractivity contribution >= 4 is 39.5 Å². The van der Waals surface area contributed by atoms with Gasteiger partial charge in [-0.15, -0.1) is 0 Å². The topological polar surface area (TPSA) is 97.0 Å². The van der Waals surface area contributed by atoms with Crippen LogP contribution in [-0.2, 0) is 9.53 Å². The van der Waals surface area contributed by atoms with Gasteiger partial charge in [-0.25, -0.2) is 9.78 Å². The number of nitrogens with zero attached hydrogens (tertiary/aromatic N) is 2. The van der Waals surface area contributed by atoms with Gasteiger partial charge in [-0.1, -0.05) is 48.5 Å². The van der Waals surface area contributed by atoms with Crippen LogP contribution >= 0.6 is 0 Å². The van der Waals surface area contributed by atoms with Crippen LogP contribution in [0.15, 0.2) is 78.9 Å². The Hall–Kier alpha value is -4.52. The summed E-state index contributed by atoms with van der Waals surface area (Å²) in [6, 6.07) is 24.1. The molecule has 2 N–H and O–H groups in total. The fraction of sp³-hybridized carbons (Fsp3) is 0.0769. The summed E-state index contributed by atoms with van der Waals surface area (Å²) >= 11 is 0. The van der Waals surface area contributed by atoms with Gasteiger partial charge in [0.05, 0.1) is 27.8 Å². The van der Waals surface area contributed by atoms with Crippen molar-refractivity contribution in [1.82, 2.24) is 15.0 Å². The first kappa shape index (κ1) is 20.4. The van der Waals surface area contributed by atoms with Gasteiger partial charge in [0.25, 0.3) is 5.91 Å². The number of carbonyl (C=O) groups is 2. The first-order valence-electron chi connectivity index (χ1n) is 10.5. The number of nitrogens with one attached hydrogen (secondary N) is 2. The number of amides is 1. The number of esters is 1. The second kappa shape index (κ2) is 8.55. The molecule has 1 amide bonds. The van der Waals surface area contributed by atoms with Crippen molar-refractivity contribution in [1.29, 1.82) is 0 Å². The van der Waals surface area contributed by atoms with Gasteiger partial charge >= 0.3 is 5.97 Å². The number of aromatic nitrogens is 3. The molecular formula is C26H20N4O3. The largest absolute Gasteiger partial charge is 0.452 e. The summed E-state index contributed by atoms with van der Waals surface area (Å²) in [7, 11) is 0. The Labute approximate surface area is 189 Å². The van der Waals surface area contributed by atoms with Crippen LogP contribution in [0.3, 0.4) is 0 Å². The Morgan fingerprint density at radius 1 is 0.909 bits per heavy atom. The molecule has 0 saturated carbocycles. The van der Waals surface area contributed by atoms with E-state index < -0.39 is 18.5 Å². The van der Waals surface area contributed by atoms with Crippen LogP contribution in [0, 0.1) is 6.92 Å². The van der Waals surface area contributed by atoms with Crippen LogP contribution in [0.25, 0.3) is 33.3 Å². The standard InChI is InChI=1S/C26H20N4O3/c1-16-13-22(19-9-5-6-10-20(19)27-16)28-24(31)15-33-26(32)18-11-12-21-23(14-18)30-25(29-21)17-7-3-2-4-8-17/h2-14H,15H2,1H3,(H,29,30)(H,27,28,31). The average Bonchev–Trinajstić information content (AvgIpc) is 3.26. The molecule has 7 heteroatoms. The molecule has 5 aromatic rings. The Kier molecular flexibility index (Phi) is 5.28. The number of para-hydroxylation sites is 1. The highest BCUT2D eigenvalue weighted by Crippen LogP contribution is 2.23. The first-order chi connectivity index (χ1) is 16.1. The third-order valence-electron chi connectivity index (χ3n) is 5.22. The third kappa shape index (κ3) is 4.29. The maximum atomic E-state index is 12.5. The predicted molar refractivity (Wildman–Crippen MR) is 127 cm³/mol. The average molecular weight is 436 g/mol. The number of fused-ring (bicyclic) bond motifs is 2. The van der Waals surface area contributed by atoms with Crippen molar-refractivity contribution in [3.8, 4) is 11.4 Å². The zero-order valence-electron chi connectivity index (χ0n) is 17.8. The number of anilines is 1. The van der Waals surface area contributed by atoms with E-state index in [0.29, 0.717) is 16.8 Å². The number of rotatable bonds is 5. The first-order valence-corrected chi connectivity index (χ1v) is 10.5. The zero-order valence-corrected chi connectivity index (χ0v) is 17.8. The Morgan fingerprint density at radius 3 is 2.55 bits per heavy atom. The molecule has 0 unspecified atom stereocenters. The number of aryl methyl sites for hydroxylation is 1. The van der Waals surface area contributed by atoms with E-state index in [4.69, 9.17) is 4.74 Å². The minimum absolute atomic E-state index is 0.337. The molecule has 0 bridgehead atoms. The number of pyridine rings is 1. The molecule has 2 heterocycles. The molecule has 0 fully saturated rings. The van der Waals surface area contributed by atoms with Gasteiger partial charge in [-0.05, 0) is 37.3 Å². The molecule has 0 atom stereocenters. The molecule has 0 aliphatic heterocycles. The lowest BCUT2D eigenvalue weighted by molar-refractivity contribution is -0.119. The molecule has 0 radical (unpaired) electrons. The number of aromatic amines is 1. The van der Waals surface area contributed by atoms with E-state index >= 15 is 0 Å². The molecular weight excluding hydrogens is 416 g/mol. The molecule has 0 aliphatic rings. The summed E-state index contributed by atoms with van der Waals surface area (Å²) in [5, 5.41) is 3.63. The van der Waals surface area contributed by atoms with Crippen molar-refractivity contribution in [3.63, 3.8) is 0 Å². The van der Waals surface area contributed by atoms with Crippen LogP contribution in [-0.4, -0.2) is 33.4 Å². The highest BCUT2D eigenvalue weighted by molar-refractivity contribution is 6.02. The summed E-state index contributed by atoms with van der Waals surface area (Å²) < 4.78 is 5.24. The van der Waals surface area contributed by atoms with E-state index in [1.807, 2.05) is 61.5 Å². The second-order valence-corrected chi connectivity index (χ2v) is 7.64. The molecule has 5 rings (SSSR count). The van der Waals surface area contributed by atoms with Crippen molar-refractivity contribution in [2.45, 2.75) is 6.92 Å². The Morgan fingerprint density at radius 2 is 1.70 bits per heavy atom. The maximum Gasteiger partial charge on any atom is 0.338 e. The van der Waals surface area contributed by atoms with E-state index in [9.17, 15) is 9.59 Å². The minimum atomic E-state index is -0.585. The van der Waals surface area contributed by atoms with Crippen LogP contribution in [0.2, 0.25) is 0 Å². The summed E-state index contributed by atoms with van der Waals surface area (Å²) in [4.78, 5) is 37.2. The maximum absolute atomic E-state index is 12.5. The molecule has 0 saturated heterocycles. The fourth-order valence-electron chi connectivity index (χ4n) is 3.68. The smallest absolute Gasteiger partial charge is 0.338 e. The van der Waals surface area contributed by atoms with Gasteiger partial charge in [0.15, 0.2) is 6.61 Å². The molecule has 3 aromatic carbocycles. The predicted octanol–water partition coefficient (Wildman–Crippen LogP) is 4.88. The molecule has 2 aromatic heterocycles. The number of hydrogen-bond acceptors (Lipinski definition) is 5. The van der Waals surface area contributed by atoms with E-state index in [1.165, 1.54) is 0 Å². The number of ether oxygens (including phenoxy) is 1. The van der Waals surface area contributed by atoms with Gasteiger partial charge in [-0.2, -0.15) is 0 Å². The molecule has 162 valence electrons. The highest BCUT2D eigenvalue weighted by atomic mass is 16.5. The van der Waals surface area contributed by atoms with Gasteiger partial charge < -0.3 is 15.0 Å². The number of H-pyrrole nitrogens is 1. The normalized spacial score (nSPS) is 10.9. The quantitative estimate of drug-likeness (QED) is 0.383. The number of imidazole rings is 1. The van der Waals surface area contributed by atoms with E-state index in [2.05, 4.69) is 20.3 Å². The molecule has 0 aliphatic carbocycles. The summed E-state index contributed by atoms with van der Waals surface area (Å²) in [6.45, 7) is 1.46. The van der Waals surface area contributed by atoms with Gasteiger partial charge in [-0.3, -0.25) is 9.78 Å². The Balaban J connectivity index is 1.28. The van der Waals surface area contributed by atoms with Crippen LogP contribution in [0.4, 0.5) is 5.69 Å². The SMILES string of the molecule is Cc1cc(NC(=O)COC(=O)c2ccc3nc(-c4ccccc4)[nH]c3c2)c2ccccc2n1. The summed E-state index contributed by atoms with van der Waals surface area (Å²) in [5.41, 5.74) is 4.94. The zero-order chi connectivity index (χ0) is 22.8. The van der Waals surface area contributed by atoms with Gasteiger partial charge in [0.2, 0.25) is 0 Å². The van der Waals surface area contributed by atoms with Crippen molar-refractivity contribution in [3.05, 3.63) is 90.1 Å². The lowest BCUT2D eigenvalue weighted by Gasteiger charge is -2.10. The van der Waals surface area contributed by atoms with Crippen LogP contribution < -0.4 is 5.32 Å². The Bertz CT molecular complexity index is 1490. The second-order valence-electron chi connectivity index (χ2n) is 7.64. The van der Waals surface area contributed by atoms with Crippen molar-refractivity contribution in [2.75, 3.05) is 11.9 Å². The lowest BCUT2D eigenvalue weighted by Crippen LogP contribution is -2.21. The van der Waals surface area contributed by atoms with Gasteiger partial charge in [0.1, 0.15) is 5.82 Å². The van der Waals surface area contributed by atoms with Crippen LogP contribution in [0.5, 0.6) is 0 Å². The number of benzene rings is 3. The molecule has 0 spiro atoms. The van der Waals surface area contributed by atoms with Gasteiger partial charge in [0, 0.05) is 16.6 Å². The molecule has 33 heavy (non-hydrogen) atoms. The van der Waals surface area contributed by atoms with E-state index in [1.54, 1.807) is 24.3 Å². The third-order valence-corrected chi connectivity index (χ3v) is 5.22. The molecule has 7 nitrogen and oxygen atoms in total.